The van der Waals surface area contributed by atoms with Crippen molar-refractivity contribution in [1.82, 2.24) is 14.1 Å². The van der Waals surface area contributed by atoms with E-state index in [0.29, 0.717) is 35.2 Å². The number of halogens is 2. The normalized spacial score (nSPS) is 15.1. The Bertz CT molecular complexity index is 1400. The van der Waals surface area contributed by atoms with Crippen LogP contribution in [0, 0.1) is 23.0 Å². The standard InChI is InChI=1S/C23H23Cl2N5O5S/c1-15-12-22(27-29(15)14-16-2-7-20(24)21(25)13-16)26-23(31)17-8-10-28(11-9-17)36(34,35)19-5-3-18(4-6-19)30(32)33/h2-7,12-13,17H,8-11,14H2,1H3,(H,26,27,31). The number of hydrogen-bond donors (Lipinski definition) is 1. The maximum atomic E-state index is 12.9. The molecule has 36 heavy (non-hydrogen) atoms. The minimum absolute atomic E-state index is 0.0148. The van der Waals surface area contributed by atoms with Gasteiger partial charge in [0.2, 0.25) is 15.9 Å². The van der Waals surface area contributed by atoms with Gasteiger partial charge in [0.1, 0.15) is 0 Å². The monoisotopic (exact) mass is 551 g/mol. The number of anilines is 1. The molecule has 1 aliphatic rings. The number of benzene rings is 2. The van der Waals surface area contributed by atoms with Crippen molar-refractivity contribution in [2.45, 2.75) is 31.2 Å². The van der Waals surface area contributed by atoms with Crippen molar-refractivity contribution in [3.05, 3.63) is 79.9 Å². The number of amides is 1. The van der Waals surface area contributed by atoms with Crippen LogP contribution in [-0.4, -0.2) is 46.4 Å². The van der Waals surface area contributed by atoms with Crippen molar-refractivity contribution in [3.8, 4) is 0 Å². The fraction of sp³-hybridized carbons (Fsp3) is 0.304. The zero-order valence-corrected chi connectivity index (χ0v) is 21.6. The van der Waals surface area contributed by atoms with Crippen LogP contribution in [0.15, 0.2) is 53.4 Å². The van der Waals surface area contributed by atoms with Gasteiger partial charge in [-0.3, -0.25) is 19.6 Å². The molecule has 1 N–H and O–H groups in total. The van der Waals surface area contributed by atoms with E-state index in [1.165, 1.54) is 16.4 Å². The largest absolute Gasteiger partial charge is 0.309 e. The predicted molar refractivity (Wildman–Crippen MR) is 136 cm³/mol. The minimum atomic E-state index is -3.80. The molecule has 0 atom stereocenters. The van der Waals surface area contributed by atoms with E-state index in [4.69, 9.17) is 23.2 Å². The molecule has 1 saturated heterocycles. The number of carbonyl (C=O) groups excluding carboxylic acids is 1. The lowest BCUT2D eigenvalue weighted by molar-refractivity contribution is -0.384. The van der Waals surface area contributed by atoms with Crippen LogP contribution in [0.25, 0.3) is 0 Å². The van der Waals surface area contributed by atoms with Crippen molar-refractivity contribution in [2.75, 3.05) is 18.4 Å². The molecule has 1 aromatic heterocycles. The molecule has 0 aliphatic carbocycles. The van der Waals surface area contributed by atoms with Crippen molar-refractivity contribution in [1.29, 1.82) is 0 Å². The highest BCUT2D eigenvalue weighted by atomic mass is 35.5. The maximum Gasteiger partial charge on any atom is 0.269 e. The van der Waals surface area contributed by atoms with Crippen LogP contribution in [0.5, 0.6) is 0 Å². The van der Waals surface area contributed by atoms with Crippen molar-refractivity contribution in [2.24, 2.45) is 5.92 Å². The summed E-state index contributed by atoms with van der Waals surface area (Å²) >= 11 is 12.1. The van der Waals surface area contributed by atoms with Gasteiger partial charge in [0.05, 0.1) is 26.4 Å². The van der Waals surface area contributed by atoms with E-state index >= 15 is 0 Å². The summed E-state index contributed by atoms with van der Waals surface area (Å²) in [6, 6.07) is 11.9. The number of non-ortho nitro benzene ring substituents is 1. The Hall–Kier alpha value is -2.99. The SMILES string of the molecule is Cc1cc(NC(=O)C2CCN(S(=O)(=O)c3ccc([N+](=O)[O-])cc3)CC2)nn1Cc1ccc(Cl)c(Cl)c1. The Morgan fingerprint density at radius 1 is 1.11 bits per heavy atom. The van der Waals surface area contributed by atoms with Gasteiger partial charge in [-0.2, -0.15) is 9.40 Å². The lowest BCUT2D eigenvalue weighted by Gasteiger charge is -2.30. The smallest absolute Gasteiger partial charge is 0.269 e. The Labute approximate surface area is 218 Å². The van der Waals surface area contributed by atoms with E-state index in [1.807, 2.05) is 13.0 Å². The third kappa shape index (κ3) is 5.70. The molecule has 10 nitrogen and oxygen atoms in total. The van der Waals surface area contributed by atoms with E-state index in [2.05, 4.69) is 10.4 Å². The Kier molecular flexibility index (Phi) is 7.65. The van der Waals surface area contributed by atoms with Crippen LogP contribution in [-0.2, 0) is 21.4 Å². The molecule has 1 fully saturated rings. The second kappa shape index (κ2) is 10.6. The van der Waals surface area contributed by atoms with Crippen LogP contribution < -0.4 is 5.32 Å². The Morgan fingerprint density at radius 2 is 1.78 bits per heavy atom. The van der Waals surface area contributed by atoms with E-state index in [0.717, 1.165) is 23.4 Å². The number of carbonyl (C=O) groups is 1. The van der Waals surface area contributed by atoms with Gasteiger partial charge in [-0.05, 0) is 49.6 Å². The van der Waals surface area contributed by atoms with Gasteiger partial charge >= 0.3 is 0 Å². The summed E-state index contributed by atoms with van der Waals surface area (Å²) in [5.74, 6) is -0.172. The summed E-state index contributed by atoms with van der Waals surface area (Å²) in [6.45, 7) is 2.67. The van der Waals surface area contributed by atoms with Crippen LogP contribution in [0.1, 0.15) is 24.1 Å². The second-order valence-corrected chi connectivity index (χ2v) is 11.2. The molecule has 2 aromatic carbocycles. The number of sulfonamides is 1. The summed E-state index contributed by atoms with van der Waals surface area (Å²) in [4.78, 5) is 23.0. The molecule has 0 spiro atoms. The number of nitrogens with zero attached hydrogens (tertiary/aromatic N) is 4. The predicted octanol–water partition coefficient (Wildman–Crippen LogP) is 4.49. The van der Waals surface area contributed by atoms with Crippen molar-refractivity contribution < 1.29 is 18.1 Å². The molecule has 3 aromatic rings. The van der Waals surface area contributed by atoms with Crippen LogP contribution in [0.4, 0.5) is 11.5 Å². The number of aromatic nitrogens is 2. The van der Waals surface area contributed by atoms with Crippen LogP contribution in [0.2, 0.25) is 10.0 Å². The summed E-state index contributed by atoms with van der Waals surface area (Å²) in [5.41, 5.74) is 1.58. The molecule has 1 amide bonds. The first-order chi connectivity index (χ1) is 17.0. The average molecular weight is 552 g/mol. The lowest BCUT2D eigenvalue weighted by Crippen LogP contribution is -2.41. The highest BCUT2D eigenvalue weighted by Gasteiger charge is 2.32. The molecule has 190 valence electrons. The van der Waals surface area contributed by atoms with Gasteiger partial charge in [0.25, 0.3) is 5.69 Å². The fourth-order valence-electron chi connectivity index (χ4n) is 4.02. The zero-order valence-electron chi connectivity index (χ0n) is 19.2. The van der Waals surface area contributed by atoms with Gasteiger partial charge in [-0.1, -0.05) is 29.3 Å². The number of rotatable bonds is 7. The summed E-state index contributed by atoms with van der Waals surface area (Å²) in [7, 11) is -3.80. The van der Waals surface area contributed by atoms with E-state index < -0.39 is 14.9 Å². The molecular weight excluding hydrogens is 529 g/mol. The maximum absolute atomic E-state index is 12.9. The third-order valence-electron chi connectivity index (χ3n) is 6.06. The number of nitro groups is 1. The van der Waals surface area contributed by atoms with Gasteiger partial charge in [-0.15, -0.1) is 0 Å². The Balaban J connectivity index is 1.35. The van der Waals surface area contributed by atoms with Gasteiger partial charge in [0.15, 0.2) is 5.82 Å². The van der Waals surface area contributed by atoms with Gasteiger partial charge < -0.3 is 5.32 Å². The number of nitro benzene ring substituents is 1. The number of aryl methyl sites for hydroxylation is 1. The number of hydrogen-bond acceptors (Lipinski definition) is 6. The molecule has 0 bridgehead atoms. The topological polar surface area (TPSA) is 127 Å². The number of piperidine rings is 1. The zero-order chi connectivity index (χ0) is 26.0. The fourth-order valence-corrected chi connectivity index (χ4v) is 5.81. The van der Waals surface area contributed by atoms with E-state index in [9.17, 15) is 23.3 Å². The molecule has 13 heteroatoms. The quantitative estimate of drug-likeness (QED) is 0.340. The molecule has 0 radical (unpaired) electrons. The number of nitrogens with one attached hydrogen (secondary N) is 1. The van der Waals surface area contributed by atoms with Crippen LogP contribution in [0.3, 0.4) is 0 Å². The Morgan fingerprint density at radius 3 is 2.39 bits per heavy atom. The summed E-state index contributed by atoms with van der Waals surface area (Å²) < 4.78 is 28.8. The molecule has 4 rings (SSSR count). The first kappa shape index (κ1) is 26.1. The average Bonchev–Trinajstić information content (AvgIpc) is 3.19. The lowest BCUT2D eigenvalue weighted by atomic mass is 9.97. The highest BCUT2D eigenvalue weighted by Crippen LogP contribution is 2.27. The molecule has 1 aliphatic heterocycles. The summed E-state index contributed by atoms with van der Waals surface area (Å²) in [6.07, 6.45) is 0.696. The van der Waals surface area contributed by atoms with Crippen molar-refractivity contribution >= 4 is 50.6 Å². The van der Waals surface area contributed by atoms with Gasteiger partial charge in [0, 0.05) is 42.9 Å². The third-order valence-corrected chi connectivity index (χ3v) is 8.71. The minimum Gasteiger partial charge on any atom is -0.309 e. The first-order valence-corrected chi connectivity index (χ1v) is 13.3. The first-order valence-electron chi connectivity index (χ1n) is 11.1. The molecule has 0 saturated carbocycles. The van der Waals surface area contributed by atoms with Crippen LogP contribution >= 0.6 is 23.2 Å². The van der Waals surface area contributed by atoms with E-state index in [1.54, 1.807) is 22.9 Å². The summed E-state index contributed by atoms with van der Waals surface area (Å²) in [5, 5.41) is 19.0. The second-order valence-electron chi connectivity index (χ2n) is 8.50. The van der Waals surface area contributed by atoms with Crippen molar-refractivity contribution in [3.63, 3.8) is 0 Å². The van der Waals surface area contributed by atoms with E-state index in [-0.39, 0.29) is 35.5 Å². The molecular formula is C23H23Cl2N5O5S. The van der Waals surface area contributed by atoms with Gasteiger partial charge in [-0.25, -0.2) is 8.42 Å². The molecule has 2 heterocycles. The molecule has 0 unspecified atom stereocenters. The highest BCUT2D eigenvalue weighted by molar-refractivity contribution is 7.89.